The van der Waals surface area contributed by atoms with Crippen LogP contribution in [-0.2, 0) is 18.9 Å². The number of aliphatic hydroxyl groups is 1. The van der Waals surface area contributed by atoms with E-state index < -0.39 is 54.2 Å². The molecule has 3 rings (SSSR count). The Morgan fingerprint density at radius 1 is 1.05 bits per heavy atom. The Bertz CT molecular complexity index is 1420. The zero-order valence-corrected chi connectivity index (χ0v) is 21.5. The number of anilines is 1. The van der Waals surface area contributed by atoms with E-state index in [0.29, 0.717) is 5.56 Å². The van der Waals surface area contributed by atoms with Crippen LogP contribution in [0, 0.1) is 6.92 Å². The number of halogens is 7. The van der Waals surface area contributed by atoms with E-state index in [2.05, 4.69) is 5.10 Å². The predicted octanol–water partition coefficient (Wildman–Crippen LogP) is 5.45. The van der Waals surface area contributed by atoms with Gasteiger partial charge in [0.15, 0.2) is 5.69 Å². The average molecular weight is 577 g/mol. The molecule has 0 bridgehead atoms. The van der Waals surface area contributed by atoms with Gasteiger partial charge in [-0.3, -0.25) is 14.3 Å². The van der Waals surface area contributed by atoms with Crippen LogP contribution in [0.1, 0.15) is 57.1 Å². The number of primary amides is 1. The van der Waals surface area contributed by atoms with Gasteiger partial charge in [-0.1, -0.05) is 29.8 Å². The number of carbonyl (C=O) groups is 2. The standard InChI is InChI=1S/C25H23ClF6N4O3/c1-13-9-14(11-35-19(25(30,31)32)10-18(34-35)24(27,28)29)7-8-17(13)36(23(2,3)12-37)22(39)20-15(21(33)38)5-4-6-16(20)26/h4-10,37H,11-12H2,1-3H3,(H2,33,38). The van der Waals surface area contributed by atoms with Crippen molar-refractivity contribution < 1.29 is 41.0 Å². The molecule has 0 atom stereocenters. The molecule has 0 aliphatic rings. The van der Waals surface area contributed by atoms with E-state index in [0.717, 1.165) is 4.90 Å². The van der Waals surface area contributed by atoms with Crippen LogP contribution >= 0.6 is 11.6 Å². The Hall–Kier alpha value is -3.58. The van der Waals surface area contributed by atoms with Gasteiger partial charge in [-0.2, -0.15) is 31.4 Å². The molecule has 210 valence electrons. The van der Waals surface area contributed by atoms with Gasteiger partial charge in [-0.05, 0) is 50.1 Å². The van der Waals surface area contributed by atoms with Gasteiger partial charge in [0.1, 0.15) is 5.69 Å². The third-order valence-electron chi connectivity index (χ3n) is 5.88. The minimum absolute atomic E-state index is 0.0642. The van der Waals surface area contributed by atoms with Crippen molar-refractivity contribution in [3.63, 3.8) is 0 Å². The molecule has 3 aromatic rings. The number of aliphatic hydroxyl groups excluding tert-OH is 1. The number of amides is 2. The summed E-state index contributed by atoms with van der Waals surface area (Å²) in [5.41, 5.74) is 1.18. The summed E-state index contributed by atoms with van der Waals surface area (Å²) < 4.78 is 79.5. The Labute approximate surface area is 223 Å². The number of nitrogens with zero attached hydrogens (tertiary/aromatic N) is 3. The molecular formula is C25H23ClF6N4O3. The molecule has 14 heteroatoms. The van der Waals surface area contributed by atoms with Crippen LogP contribution in [0.15, 0.2) is 42.5 Å². The van der Waals surface area contributed by atoms with E-state index in [1.807, 2.05) is 0 Å². The lowest BCUT2D eigenvalue weighted by Gasteiger charge is -2.38. The second-order valence-electron chi connectivity index (χ2n) is 9.33. The Balaban J connectivity index is 2.10. The van der Waals surface area contributed by atoms with Gasteiger partial charge < -0.3 is 15.7 Å². The molecule has 7 nitrogen and oxygen atoms in total. The highest BCUT2D eigenvalue weighted by Crippen LogP contribution is 2.36. The lowest BCUT2D eigenvalue weighted by molar-refractivity contribution is -0.144. The average Bonchev–Trinajstić information content (AvgIpc) is 3.25. The molecule has 2 amide bonds. The van der Waals surface area contributed by atoms with Gasteiger partial charge in [0.25, 0.3) is 5.91 Å². The summed E-state index contributed by atoms with van der Waals surface area (Å²) in [6, 6.07) is 8.09. The van der Waals surface area contributed by atoms with E-state index in [9.17, 15) is 41.0 Å². The monoisotopic (exact) mass is 576 g/mol. The fourth-order valence-electron chi connectivity index (χ4n) is 3.98. The summed E-state index contributed by atoms with van der Waals surface area (Å²) in [4.78, 5) is 26.9. The van der Waals surface area contributed by atoms with Gasteiger partial charge in [0.2, 0.25) is 5.91 Å². The zero-order chi connectivity index (χ0) is 29.5. The number of aromatic nitrogens is 2. The summed E-state index contributed by atoms with van der Waals surface area (Å²) in [5.74, 6) is -1.71. The van der Waals surface area contributed by atoms with Crippen LogP contribution in [-0.4, -0.2) is 38.8 Å². The molecule has 0 fully saturated rings. The molecule has 0 saturated carbocycles. The largest absolute Gasteiger partial charge is 0.435 e. The summed E-state index contributed by atoms with van der Waals surface area (Å²) in [6.45, 7) is 3.37. The predicted molar refractivity (Wildman–Crippen MR) is 130 cm³/mol. The van der Waals surface area contributed by atoms with Crippen molar-refractivity contribution >= 4 is 29.1 Å². The molecule has 3 N–H and O–H groups in total. The molecule has 1 heterocycles. The molecule has 0 spiro atoms. The first-order valence-corrected chi connectivity index (χ1v) is 11.6. The third-order valence-corrected chi connectivity index (χ3v) is 6.20. The molecule has 1 aromatic heterocycles. The van der Waals surface area contributed by atoms with Crippen LogP contribution < -0.4 is 10.6 Å². The molecular weight excluding hydrogens is 554 g/mol. The normalized spacial score (nSPS) is 12.5. The van der Waals surface area contributed by atoms with Gasteiger partial charge in [-0.25, -0.2) is 0 Å². The first-order valence-electron chi connectivity index (χ1n) is 11.2. The molecule has 39 heavy (non-hydrogen) atoms. The van der Waals surface area contributed by atoms with Crippen LogP contribution in [0.3, 0.4) is 0 Å². The Morgan fingerprint density at radius 3 is 2.21 bits per heavy atom. The lowest BCUT2D eigenvalue weighted by atomic mass is 9.96. The summed E-state index contributed by atoms with van der Waals surface area (Å²) in [6.07, 6.45) is -10.2. The quantitative estimate of drug-likeness (QED) is 0.365. The van der Waals surface area contributed by atoms with Crippen molar-refractivity contribution in [2.45, 2.75) is 45.2 Å². The molecule has 0 unspecified atom stereocenters. The van der Waals surface area contributed by atoms with E-state index in [1.54, 1.807) is 0 Å². The number of hydrogen-bond acceptors (Lipinski definition) is 4. The SMILES string of the molecule is Cc1cc(Cn2nc(C(F)(F)F)cc2C(F)(F)F)ccc1N(C(=O)c1c(Cl)cccc1C(N)=O)C(C)(C)CO. The fraction of sp³-hybridized carbons (Fsp3) is 0.320. The maximum atomic E-state index is 13.8. The van der Waals surface area contributed by atoms with Gasteiger partial charge >= 0.3 is 12.4 Å². The Morgan fingerprint density at radius 2 is 1.69 bits per heavy atom. The molecule has 2 aromatic carbocycles. The topological polar surface area (TPSA) is 101 Å². The number of carbonyl (C=O) groups excluding carboxylic acids is 2. The first kappa shape index (κ1) is 30.0. The summed E-state index contributed by atoms with van der Waals surface area (Å²) in [7, 11) is 0. The second-order valence-corrected chi connectivity index (χ2v) is 9.73. The zero-order valence-electron chi connectivity index (χ0n) is 20.8. The summed E-state index contributed by atoms with van der Waals surface area (Å²) >= 11 is 6.23. The Kier molecular flexibility index (Phi) is 8.09. The van der Waals surface area contributed by atoms with Crippen LogP contribution in [0.25, 0.3) is 0 Å². The highest BCUT2D eigenvalue weighted by molar-refractivity contribution is 6.35. The smallest absolute Gasteiger partial charge is 0.394 e. The molecule has 0 aliphatic carbocycles. The van der Waals surface area contributed by atoms with Crippen molar-refractivity contribution in [3.05, 3.63) is 81.1 Å². The number of alkyl halides is 6. The molecule has 0 aliphatic heterocycles. The second kappa shape index (κ2) is 10.5. The van der Waals surface area contributed by atoms with Gasteiger partial charge in [-0.15, -0.1) is 0 Å². The van der Waals surface area contributed by atoms with Crippen molar-refractivity contribution in [1.82, 2.24) is 9.78 Å². The maximum absolute atomic E-state index is 13.8. The first-order chi connectivity index (χ1) is 17.9. The fourth-order valence-corrected chi connectivity index (χ4v) is 4.24. The number of rotatable bonds is 7. The lowest BCUT2D eigenvalue weighted by Crippen LogP contribution is -2.51. The van der Waals surface area contributed by atoms with E-state index in [1.165, 1.54) is 57.2 Å². The van der Waals surface area contributed by atoms with E-state index in [4.69, 9.17) is 17.3 Å². The van der Waals surface area contributed by atoms with Crippen molar-refractivity contribution in [2.75, 3.05) is 11.5 Å². The third kappa shape index (κ3) is 6.19. The van der Waals surface area contributed by atoms with Crippen molar-refractivity contribution in [2.24, 2.45) is 5.73 Å². The van der Waals surface area contributed by atoms with Gasteiger partial charge in [0.05, 0.1) is 34.8 Å². The summed E-state index contributed by atoms with van der Waals surface area (Å²) in [5, 5.41) is 13.1. The van der Waals surface area contributed by atoms with E-state index in [-0.39, 0.29) is 38.1 Å². The molecule has 0 radical (unpaired) electrons. The highest BCUT2D eigenvalue weighted by atomic mass is 35.5. The van der Waals surface area contributed by atoms with E-state index >= 15 is 0 Å². The van der Waals surface area contributed by atoms with Crippen LogP contribution in [0.2, 0.25) is 5.02 Å². The van der Waals surface area contributed by atoms with Crippen molar-refractivity contribution in [3.8, 4) is 0 Å². The minimum Gasteiger partial charge on any atom is -0.394 e. The van der Waals surface area contributed by atoms with Gasteiger partial charge in [0, 0.05) is 11.8 Å². The molecule has 0 saturated heterocycles. The minimum atomic E-state index is -5.09. The number of nitrogens with two attached hydrogens (primary N) is 1. The van der Waals surface area contributed by atoms with Crippen LogP contribution in [0.4, 0.5) is 32.0 Å². The number of hydrogen-bond donors (Lipinski definition) is 2. The maximum Gasteiger partial charge on any atom is 0.435 e. The van der Waals surface area contributed by atoms with Crippen molar-refractivity contribution in [1.29, 1.82) is 0 Å². The van der Waals surface area contributed by atoms with Crippen LogP contribution in [0.5, 0.6) is 0 Å². The highest BCUT2D eigenvalue weighted by Gasteiger charge is 2.42. The number of benzene rings is 2. The number of aryl methyl sites for hydroxylation is 1.